The highest BCUT2D eigenvalue weighted by Crippen LogP contribution is 2.33. The van der Waals surface area contributed by atoms with E-state index < -0.39 is 6.10 Å². The number of benzene rings is 2. The van der Waals surface area contributed by atoms with Gasteiger partial charge in [-0.25, -0.2) is 4.39 Å². The van der Waals surface area contributed by atoms with Crippen LogP contribution in [0.2, 0.25) is 0 Å². The zero-order chi connectivity index (χ0) is 17.2. The quantitative estimate of drug-likeness (QED) is 0.791. The minimum atomic E-state index is -0.454. The Labute approximate surface area is 144 Å². The van der Waals surface area contributed by atoms with Crippen LogP contribution in [-0.4, -0.2) is 32.9 Å². The van der Waals surface area contributed by atoms with Gasteiger partial charge in [-0.3, -0.25) is 4.90 Å². The van der Waals surface area contributed by atoms with Crippen LogP contribution in [0, 0.1) is 5.82 Å². The fourth-order valence-electron chi connectivity index (χ4n) is 3.30. The molecule has 0 amide bonds. The zero-order valence-corrected chi connectivity index (χ0v) is 13.5. The van der Waals surface area contributed by atoms with Crippen molar-refractivity contribution >= 4 is 0 Å². The fraction of sp³-hybridized carbons (Fsp3) is 0.263. The third kappa shape index (κ3) is 3.45. The van der Waals surface area contributed by atoms with Gasteiger partial charge in [0.15, 0.2) is 0 Å². The summed E-state index contributed by atoms with van der Waals surface area (Å²) >= 11 is 0. The molecule has 1 aliphatic rings. The van der Waals surface area contributed by atoms with Crippen LogP contribution >= 0.6 is 0 Å². The summed E-state index contributed by atoms with van der Waals surface area (Å²) in [7, 11) is 0. The molecule has 0 aliphatic carbocycles. The van der Waals surface area contributed by atoms with E-state index in [9.17, 15) is 9.50 Å². The highest BCUT2D eigenvalue weighted by Gasteiger charge is 2.33. The molecule has 1 N–H and O–H groups in total. The summed E-state index contributed by atoms with van der Waals surface area (Å²) in [5, 5.41) is 18.3. The summed E-state index contributed by atoms with van der Waals surface area (Å²) in [6, 6.07) is 16.0. The molecule has 1 aliphatic heterocycles. The Bertz CT molecular complexity index is 853. The highest BCUT2D eigenvalue weighted by molar-refractivity contribution is 5.51. The molecule has 2 aromatic carbocycles. The lowest BCUT2D eigenvalue weighted by molar-refractivity contribution is 0.167. The molecule has 0 radical (unpaired) electrons. The van der Waals surface area contributed by atoms with E-state index in [-0.39, 0.29) is 11.9 Å². The first-order valence-electron chi connectivity index (χ1n) is 8.24. The molecule has 0 unspecified atom stereocenters. The maximum absolute atomic E-state index is 13.5. The molecule has 2 atom stereocenters. The average Bonchev–Trinajstić information content (AvgIpc) is 3.23. The molecule has 1 fully saturated rings. The van der Waals surface area contributed by atoms with Crippen molar-refractivity contribution in [2.24, 2.45) is 0 Å². The van der Waals surface area contributed by atoms with Crippen molar-refractivity contribution in [2.45, 2.75) is 25.1 Å². The first-order valence-corrected chi connectivity index (χ1v) is 8.24. The van der Waals surface area contributed by atoms with Crippen molar-refractivity contribution in [1.29, 1.82) is 0 Å². The number of β-amino-alcohol motifs (C(OH)–C–C–N with tert-alkyl or cyclic N) is 1. The number of aliphatic hydroxyl groups is 1. The number of nitrogens with zero attached hydrogens (tertiary/aromatic N) is 3. The van der Waals surface area contributed by atoms with Gasteiger partial charge in [0.2, 0.25) is 11.8 Å². The molecule has 5 nitrogen and oxygen atoms in total. The zero-order valence-electron chi connectivity index (χ0n) is 13.5. The summed E-state index contributed by atoms with van der Waals surface area (Å²) in [6.07, 6.45) is 0.105. The number of rotatable bonds is 4. The average molecular weight is 339 g/mol. The molecule has 6 heteroatoms. The van der Waals surface area contributed by atoms with E-state index in [0.29, 0.717) is 31.3 Å². The van der Waals surface area contributed by atoms with Crippen LogP contribution in [0.4, 0.5) is 4.39 Å². The van der Waals surface area contributed by atoms with E-state index >= 15 is 0 Å². The van der Waals surface area contributed by atoms with Crippen LogP contribution in [0.3, 0.4) is 0 Å². The lowest BCUT2D eigenvalue weighted by Crippen LogP contribution is -2.24. The van der Waals surface area contributed by atoms with E-state index in [1.54, 1.807) is 6.07 Å². The summed E-state index contributed by atoms with van der Waals surface area (Å²) in [5.41, 5.74) is 1.71. The van der Waals surface area contributed by atoms with Gasteiger partial charge in [-0.1, -0.05) is 30.3 Å². The second kappa shape index (κ2) is 6.74. The van der Waals surface area contributed by atoms with E-state index in [1.165, 1.54) is 12.1 Å². The molecular weight excluding hydrogens is 321 g/mol. The van der Waals surface area contributed by atoms with Crippen molar-refractivity contribution in [3.8, 4) is 11.5 Å². The van der Waals surface area contributed by atoms with Crippen molar-refractivity contribution in [3.63, 3.8) is 0 Å². The van der Waals surface area contributed by atoms with Gasteiger partial charge in [0.1, 0.15) is 5.82 Å². The van der Waals surface area contributed by atoms with E-state index in [4.69, 9.17) is 4.42 Å². The normalized spacial score (nSPS) is 20.9. The van der Waals surface area contributed by atoms with Gasteiger partial charge in [-0.05, 0) is 36.2 Å². The third-order valence-corrected chi connectivity index (χ3v) is 4.44. The van der Waals surface area contributed by atoms with Gasteiger partial charge in [0, 0.05) is 18.2 Å². The SMILES string of the molecule is O[C@H]1C[C@H](c2cccc(F)c2)N(Cc2nnc(-c3ccccc3)o2)C1. The van der Waals surface area contributed by atoms with Gasteiger partial charge in [-0.2, -0.15) is 0 Å². The molecule has 4 rings (SSSR count). The van der Waals surface area contributed by atoms with Gasteiger partial charge >= 0.3 is 0 Å². The first-order chi connectivity index (χ1) is 12.2. The Morgan fingerprint density at radius 3 is 2.76 bits per heavy atom. The Kier molecular flexibility index (Phi) is 4.29. The summed E-state index contributed by atoms with van der Waals surface area (Å²) < 4.78 is 19.3. The van der Waals surface area contributed by atoms with Crippen molar-refractivity contribution in [3.05, 3.63) is 71.9 Å². The first kappa shape index (κ1) is 15.9. The second-order valence-corrected chi connectivity index (χ2v) is 6.26. The molecule has 2 heterocycles. The van der Waals surface area contributed by atoms with E-state index in [0.717, 1.165) is 11.1 Å². The Morgan fingerprint density at radius 1 is 1.12 bits per heavy atom. The maximum Gasteiger partial charge on any atom is 0.247 e. The largest absolute Gasteiger partial charge is 0.419 e. The summed E-state index contributed by atoms with van der Waals surface area (Å²) in [4.78, 5) is 2.04. The minimum absolute atomic E-state index is 0.0715. The fourth-order valence-corrected chi connectivity index (χ4v) is 3.30. The number of halogens is 1. The number of aromatic nitrogens is 2. The molecule has 0 saturated carbocycles. The molecule has 128 valence electrons. The van der Waals surface area contributed by atoms with Gasteiger partial charge in [0.05, 0.1) is 12.6 Å². The Morgan fingerprint density at radius 2 is 1.96 bits per heavy atom. The van der Waals surface area contributed by atoms with Crippen LogP contribution in [0.15, 0.2) is 59.0 Å². The van der Waals surface area contributed by atoms with E-state index in [2.05, 4.69) is 10.2 Å². The third-order valence-electron chi connectivity index (χ3n) is 4.44. The Balaban J connectivity index is 1.54. The molecule has 0 bridgehead atoms. The number of aliphatic hydroxyl groups excluding tert-OH is 1. The molecule has 3 aromatic rings. The van der Waals surface area contributed by atoms with Crippen LogP contribution in [-0.2, 0) is 6.54 Å². The minimum Gasteiger partial charge on any atom is -0.419 e. The van der Waals surface area contributed by atoms with Crippen molar-refractivity contribution in [2.75, 3.05) is 6.54 Å². The number of hydrogen-bond acceptors (Lipinski definition) is 5. The van der Waals surface area contributed by atoms with Crippen molar-refractivity contribution < 1.29 is 13.9 Å². The summed E-state index contributed by atoms with van der Waals surface area (Å²) in [5.74, 6) is 0.676. The number of likely N-dealkylation sites (tertiary alicyclic amines) is 1. The van der Waals surface area contributed by atoms with Crippen molar-refractivity contribution in [1.82, 2.24) is 15.1 Å². The van der Waals surface area contributed by atoms with E-state index in [1.807, 2.05) is 41.3 Å². The maximum atomic E-state index is 13.5. The lowest BCUT2D eigenvalue weighted by Gasteiger charge is -2.22. The molecule has 1 saturated heterocycles. The number of hydrogen-bond donors (Lipinski definition) is 1. The van der Waals surface area contributed by atoms with Crippen LogP contribution in [0.5, 0.6) is 0 Å². The van der Waals surface area contributed by atoms with Crippen LogP contribution in [0.25, 0.3) is 11.5 Å². The standard InChI is InChI=1S/C19H18FN3O2/c20-15-8-4-7-14(9-15)17-10-16(24)11-23(17)12-18-21-22-19(25-18)13-5-2-1-3-6-13/h1-9,16-17,24H,10-12H2/t16-,17+/m0/s1. The highest BCUT2D eigenvalue weighted by atomic mass is 19.1. The van der Waals surface area contributed by atoms with Gasteiger partial charge < -0.3 is 9.52 Å². The predicted octanol–water partition coefficient (Wildman–Crippen LogP) is 3.18. The molecular formula is C19H18FN3O2. The lowest BCUT2D eigenvalue weighted by atomic mass is 10.0. The van der Waals surface area contributed by atoms with Crippen LogP contribution < -0.4 is 0 Å². The second-order valence-electron chi connectivity index (χ2n) is 6.26. The smallest absolute Gasteiger partial charge is 0.247 e. The monoisotopic (exact) mass is 339 g/mol. The summed E-state index contributed by atoms with van der Waals surface area (Å²) in [6.45, 7) is 0.905. The Hall–Kier alpha value is -2.57. The van der Waals surface area contributed by atoms with Gasteiger partial charge in [0.25, 0.3) is 0 Å². The predicted molar refractivity (Wildman–Crippen MR) is 89.9 cm³/mol. The topological polar surface area (TPSA) is 62.4 Å². The molecule has 25 heavy (non-hydrogen) atoms. The molecule has 0 spiro atoms. The van der Waals surface area contributed by atoms with Gasteiger partial charge in [-0.15, -0.1) is 10.2 Å². The molecule has 1 aromatic heterocycles. The van der Waals surface area contributed by atoms with Crippen LogP contribution in [0.1, 0.15) is 23.9 Å².